The molecule has 0 saturated carbocycles. The number of nitrogens with two attached hydrogens (primary N) is 3. The Labute approximate surface area is 541 Å². The fourth-order valence-electron chi connectivity index (χ4n) is 11.5. The Hall–Kier alpha value is -10.4. The number of cyclic esters (lactones) is 1. The molecule has 3 aliphatic heterocycles. The van der Waals surface area contributed by atoms with Crippen LogP contribution in [0, 0.1) is 5.92 Å². The number of pyridine rings is 2. The number of guanidine groups is 1. The molecule has 94 heavy (non-hydrogen) atoms. The number of para-hydroxylation sites is 1. The highest BCUT2D eigenvalue weighted by Gasteiger charge is 2.50. The predicted octanol–water partition coefficient (Wildman–Crippen LogP) is 0.795. The zero-order valence-electron chi connectivity index (χ0n) is 53.2. The molecule has 7 atom stereocenters. The first-order chi connectivity index (χ1) is 44.6. The normalized spacial score (nSPS) is 19.9. The first-order valence-corrected chi connectivity index (χ1v) is 31.0. The summed E-state index contributed by atoms with van der Waals surface area (Å²) in [5.41, 5.74) is 19.9. The zero-order chi connectivity index (χ0) is 68.2. The van der Waals surface area contributed by atoms with Gasteiger partial charge in [0.05, 0.1) is 66.7 Å². The van der Waals surface area contributed by atoms with Gasteiger partial charge in [-0.3, -0.25) is 57.7 Å². The average molecular weight is 1290 g/mol. The highest BCUT2D eigenvalue weighted by atomic mass is 16.6. The molecule has 8 rings (SSSR count). The number of hydrogen-bond acceptors (Lipinski definition) is 17. The number of aliphatic imine (C=N–C) groups is 1. The van der Waals surface area contributed by atoms with Crippen LogP contribution in [0.5, 0.6) is 0 Å². The number of hydrogen-bond donors (Lipinski definition) is 11. The van der Waals surface area contributed by atoms with E-state index < -0.39 is 144 Å². The Balaban J connectivity index is 0.941. The highest BCUT2D eigenvalue weighted by Crippen LogP contribution is 2.43. The standard InChI is InChI=1S/C66H80N14O14/c1-7-66(43-26-50-56-41(33-80(50)62(91)42(43)34-93-63(66)92)40(31-73-94-65(4,5)6)39-16-11-12-17-45(39)75-56)29-51(81)55(35(2)3)79-57(86)44(67)27-52(82)71-30-38-21-19-37(20-22-38)25-48-59(88)76-46(18-13-23-70-64(68)69)58(87)72-32-53(83)74-49(28-54(84)85)61(90)78-47(60(89)77-48)24-36-14-9-8-10-15-36/h8-12,14-17,19-22,26,31,35,44,46-49,55H,7,13,18,23-25,27-30,32-34,67H2,1-6H3,(H,71,82)(H,72,87)(H,74,83)(H,76,88)(H,77,89)(H,78,90)(H,79,86)(H,84,85)(H4,68,69,70)/t44-,46-,47?,48-,49-,55-,66-/m0/s1. The topological polar surface area (TPSA) is 431 Å². The maximum absolute atomic E-state index is 14.6. The van der Waals surface area contributed by atoms with Crippen molar-refractivity contribution in [3.8, 4) is 11.4 Å². The Kier molecular flexibility index (Phi) is 22.5. The Morgan fingerprint density at radius 3 is 2.10 bits per heavy atom. The van der Waals surface area contributed by atoms with Crippen molar-refractivity contribution in [3.05, 3.63) is 134 Å². The summed E-state index contributed by atoms with van der Waals surface area (Å²) in [5.74, 6) is -9.29. The van der Waals surface area contributed by atoms with Crippen LogP contribution < -0.4 is 60.0 Å². The lowest BCUT2D eigenvalue weighted by molar-refractivity contribution is -0.156. The van der Waals surface area contributed by atoms with Gasteiger partial charge >= 0.3 is 11.9 Å². The summed E-state index contributed by atoms with van der Waals surface area (Å²) in [5, 5.41) is 32.8. The van der Waals surface area contributed by atoms with Gasteiger partial charge in [0.1, 0.15) is 41.8 Å². The second-order valence-electron chi connectivity index (χ2n) is 24.9. The molecule has 498 valence electrons. The van der Waals surface area contributed by atoms with Crippen LogP contribution in [0.3, 0.4) is 0 Å². The summed E-state index contributed by atoms with van der Waals surface area (Å²) in [6.45, 7) is 9.88. The summed E-state index contributed by atoms with van der Waals surface area (Å²) in [6, 6.07) is 15.9. The third-order valence-corrected chi connectivity index (χ3v) is 16.4. The number of rotatable bonds is 23. The third kappa shape index (κ3) is 17.2. The van der Waals surface area contributed by atoms with Crippen LogP contribution >= 0.6 is 0 Å². The number of oxime groups is 1. The summed E-state index contributed by atoms with van der Waals surface area (Å²) in [6.07, 6.45) is -0.304. The van der Waals surface area contributed by atoms with Gasteiger partial charge in [-0.2, -0.15) is 0 Å². The summed E-state index contributed by atoms with van der Waals surface area (Å²) >= 11 is 0. The number of fused-ring (bicyclic) bond motifs is 5. The number of amides is 7. The minimum absolute atomic E-state index is 0.0353. The summed E-state index contributed by atoms with van der Waals surface area (Å²) < 4.78 is 7.28. The van der Waals surface area contributed by atoms with Crippen molar-refractivity contribution < 1.29 is 62.6 Å². The van der Waals surface area contributed by atoms with E-state index in [4.69, 9.17) is 31.8 Å². The molecule has 5 heterocycles. The second kappa shape index (κ2) is 30.4. The van der Waals surface area contributed by atoms with E-state index in [0.29, 0.717) is 44.7 Å². The molecule has 1 saturated heterocycles. The number of benzene rings is 3. The zero-order valence-corrected chi connectivity index (χ0v) is 53.2. The van der Waals surface area contributed by atoms with Crippen molar-refractivity contribution in [1.82, 2.24) is 46.8 Å². The smallest absolute Gasteiger partial charge is 0.317 e. The molecular weight excluding hydrogens is 1210 g/mol. The van der Waals surface area contributed by atoms with Crippen LogP contribution in [0.25, 0.3) is 22.3 Å². The molecule has 3 aromatic carbocycles. The molecule has 0 radical (unpaired) electrons. The molecule has 28 heteroatoms. The molecule has 7 amide bonds. The fraction of sp³-hybridized carbons (Fsp3) is 0.424. The number of aromatic nitrogens is 2. The van der Waals surface area contributed by atoms with Crippen molar-refractivity contribution in [2.45, 2.75) is 160 Å². The number of nitrogens with one attached hydrogen (secondary N) is 7. The number of ether oxygens (including phenoxy) is 1. The molecule has 0 aliphatic carbocycles. The van der Waals surface area contributed by atoms with Gasteiger partial charge in [0, 0.05) is 48.9 Å². The van der Waals surface area contributed by atoms with Gasteiger partial charge in [0.25, 0.3) is 5.56 Å². The van der Waals surface area contributed by atoms with E-state index in [1.807, 2.05) is 45.0 Å². The maximum Gasteiger partial charge on any atom is 0.317 e. The first kappa shape index (κ1) is 69.5. The van der Waals surface area contributed by atoms with Gasteiger partial charge in [-0.1, -0.05) is 98.7 Å². The van der Waals surface area contributed by atoms with E-state index in [1.165, 1.54) is 0 Å². The number of aliphatic carboxylic acids is 1. The number of esters is 1. The van der Waals surface area contributed by atoms with Gasteiger partial charge in [-0.15, -0.1) is 0 Å². The number of nitrogens with zero attached hydrogens (tertiary/aromatic N) is 4. The second-order valence-corrected chi connectivity index (χ2v) is 24.9. The monoisotopic (exact) mass is 1290 g/mol. The van der Waals surface area contributed by atoms with E-state index in [1.54, 1.807) is 92.2 Å². The number of carboxylic acids is 1. The van der Waals surface area contributed by atoms with Gasteiger partial charge in [0.2, 0.25) is 41.4 Å². The molecule has 14 N–H and O–H groups in total. The Bertz CT molecular complexity index is 3860. The van der Waals surface area contributed by atoms with Crippen LogP contribution in [0.2, 0.25) is 0 Å². The molecule has 28 nitrogen and oxygen atoms in total. The predicted molar refractivity (Wildman–Crippen MR) is 345 cm³/mol. The van der Waals surface area contributed by atoms with E-state index in [0.717, 1.165) is 10.9 Å². The van der Waals surface area contributed by atoms with E-state index in [9.17, 15) is 57.8 Å². The highest BCUT2D eigenvalue weighted by molar-refractivity contribution is 6.03. The molecule has 1 fully saturated rings. The van der Waals surface area contributed by atoms with E-state index in [-0.39, 0.29) is 69.9 Å². The Morgan fingerprint density at radius 2 is 1.46 bits per heavy atom. The molecule has 5 aromatic rings. The van der Waals surface area contributed by atoms with Crippen LogP contribution in [0.4, 0.5) is 0 Å². The quantitative estimate of drug-likeness (QED) is 0.0139. The van der Waals surface area contributed by atoms with Gasteiger partial charge in [-0.05, 0) is 80.3 Å². The lowest BCUT2D eigenvalue weighted by atomic mass is 9.70. The largest absolute Gasteiger partial charge is 0.481 e. The van der Waals surface area contributed by atoms with Gasteiger partial charge in [0.15, 0.2) is 11.7 Å². The molecule has 0 bridgehead atoms. The molecular formula is C66H80N14O14. The van der Waals surface area contributed by atoms with Crippen LogP contribution in [0.15, 0.2) is 99.9 Å². The van der Waals surface area contributed by atoms with Crippen molar-refractivity contribution in [2.75, 3.05) is 13.1 Å². The molecule has 2 aromatic heterocycles. The van der Waals surface area contributed by atoms with Crippen LogP contribution in [-0.2, 0) is 95.5 Å². The van der Waals surface area contributed by atoms with Crippen molar-refractivity contribution in [2.24, 2.45) is 33.3 Å². The SMILES string of the molecule is CC[C@@]1(CC(=O)[C@@H](NC(=O)[C@@H](N)CC(=O)NCc2ccc(C[C@@H]3NC(=O)C(Cc4ccccc4)NC(=O)[C@H](CC(=O)O)NC(=O)CNC(=O)[C@H](CCCN=C(N)N)NC3=O)cc2)C(C)C)C(=O)OCc2c1cc1n(c2=O)Cc2c-1nc1ccccc1c2C=NOC(C)(C)C. The number of Topliss-reactive ketones (excluding diaryl/α,β-unsaturated/α-hetero) is 1. The average Bonchev–Trinajstić information content (AvgIpc) is 1.47. The van der Waals surface area contributed by atoms with Crippen LogP contribution in [0.1, 0.15) is 119 Å². The lowest BCUT2D eigenvalue weighted by Crippen LogP contribution is -2.58. The minimum atomic E-state index is -1.67. The molecule has 1 unspecified atom stereocenters. The number of carbonyl (C=O) groups excluding carboxylic acids is 9. The van der Waals surface area contributed by atoms with Crippen molar-refractivity contribution in [1.29, 1.82) is 0 Å². The Morgan fingerprint density at radius 1 is 0.830 bits per heavy atom. The summed E-state index contributed by atoms with van der Waals surface area (Å²) in [7, 11) is 0. The summed E-state index contributed by atoms with van der Waals surface area (Å²) in [4.78, 5) is 166. The fourth-order valence-corrected chi connectivity index (χ4v) is 11.5. The van der Waals surface area contributed by atoms with Gasteiger partial charge < -0.3 is 73.7 Å². The minimum Gasteiger partial charge on any atom is -0.481 e. The van der Waals surface area contributed by atoms with E-state index in [2.05, 4.69) is 47.4 Å². The first-order valence-electron chi connectivity index (χ1n) is 31.0. The number of ketones is 1. The molecule has 0 spiro atoms. The molecule has 3 aliphatic rings. The van der Waals surface area contributed by atoms with Crippen LogP contribution in [-0.4, -0.2) is 141 Å². The number of carbonyl (C=O) groups is 10. The third-order valence-electron chi connectivity index (χ3n) is 16.4. The van der Waals surface area contributed by atoms with Crippen molar-refractivity contribution in [3.63, 3.8) is 0 Å². The maximum atomic E-state index is 14.6. The number of carboxylic acid groups (broad SMARTS) is 1. The van der Waals surface area contributed by atoms with Crippen molar-refractivity contribution >= 4 is 82.1 Å². The van der Waals surface area contributed by atoms with Gasteiger partial charge in [-0.25, -0.2) is 4.98 Å². The lowest BCUT2D eigenvalue weighted by Gasteiger charge is -2.37. The van der Waals surface area contributed by atoms with E-state index >= 15 is 0 Å².